The molecule has 17 heavy (non-hydrogen) atoms. The number of rotatable bonds is 6. The number of guanidine groups is 1. The number of unbranched alkanes of at least 4 members (excludes halogenated alkanes) is 3. The van der Waals surface area contributed by atoms with E-state index in [0.717, 1.165) is 6.54 Å². The molecule has 0 aromatic carbocycles. The second-order valence-electron chi connectivity index (χ2n) is 4.81. The van der Waals surface area contributed by atoms with E-state index in [2.05, 4.69) is 17.2 Å². The third kappa shape index (κ3) is 8.69. The molecule has 0 saturated heterocycles. The van der Waals surface area contributed by atoms with E-state index in [-0.39, 0.29) is 24.0 Å². The Hall–Kier alpha value is 0. The molecule has 102 valence electrons. The van der Waals surface area contributed by atoms with Gasteiger partial charge < -0.3 is 11.1 Å². The Balaban J connectivity index is 0.00000256. The van der Waals surface area contributed by atoms with E-state index < -0.39 is 0 Å². The predicted molar refractivity (Wildman–Crippen MR) is 86.1 cm³/mol. The summed E-state index contributed by atoms with van der Waals surface area (Å²) in [6.45, 7) is 3.10. The van der Waals surface area contributed by atoms with Crippen LogP contribution < -0.4 is 11.1 Å². The molecule has 0 amide bonds. The summed E-state index contributed by atoms with van der Waals surface area (Å²) in [6.07, 6.45) is 11.6. The number of halogens is 1. The van der Waals surface area contributed by atoms with Crippen LogP contribution in [0, 0.1) is 0 Å². The zero-order chi connectivity index (χ0) is 11.6. The summed E-state index contributed by atoms with van der Waals surface area (Å²) in [4.78, 5) is 4.37. The first-order valence-electron chi connectivity index (χ1n) is 6.89. The molecule has 4 heteroatoms. The maximum absolute atomic E-state index is 5.86. The smallest absolute Gasteiger partial charge is 0.188 e. The van der Waals surface area contributed by atoms with Gasteiger partial charge in [-0.15, -0.1) is 24.0 Å². The fraction of sp³-hybridized carbons (Fsp3) is 0.923. The highest BCUT2D eigenvalue weighted by molar-refractivity contribution is 14.0. The SMILES string of the molecule is CCCCCCN=C(N)NC1CCCCC1.I. The summed E-state index contributed by atoms with van der Waals surface area (Å²) in [5, 5.41) is 3.34. The van der Waals surface area contributed by atoms with Gasteiger partial charge in [0.25, 0.3) is 0 Å². The van der Waals surface area contributed by atoms with Gasteiger partial charge in [0, 0.05) is 12.6 Å². The van der Waals surface area contributed by atoms with Gasteiger partial charge in [0.2, 0.25) is 0 Å². The monoisotopic (exact) mass is 353 g/mol. The molecule has 1 aliphatic carbocycles. The van der Waals surface area contributed by atoms with Crippen molar-refractivity contribution in [2.75, 3.05) is 6.54 Å². The maximum Gasteiger partial charge on any atom is 0.188 e. The quantitative estimate of drug-likeness (QED) is 0.333. The molecule has 0 radical (unpaired) electrons. The predicted octanol–water partition coefficient (Wildman–Crippen LogP) is 3.42. The van der Waals surface area contributed by atoms with E-state index in [4.69, 9.17) is 5.73 Å². The van der Waals surface area contributed by atoms with Gasteiger partial charge in [-0.2, -0.15) is 0 Å². The van der Waals surface area contributed by atoms with Crippen LogP contribution in [-0.2, 0) is 0 Å². The molecule has 0 aliphatic heterocycles. The van der Waals surface area contributed by atoms with Crippen LogP contribution in [0.25, 0.3) is 0 Å². The van der Waals surface area contributed by atoms with Crippen LogP contribution in [0.2, 0.25) is 0 Å². The lowest BCUT2D eigenvalue weighted by molar-refractivity contribution is 0.412. The molecule has 0 spiro atoms. The molecule has 0 heterocycles. The molecule has 3 N–H and O–H groups in total. The third-order valence-corrected chi connectivity index (χ3v) is 3.25. The molecule has 0 atom stereocenters. The Kier molecular flexibility index (Phi) is 11.1. The van der Waals surface area contributed by atoms with E-state index >= 15 is 0 Å². The van der Waals surface area contributed by atoms with Crippen molar-refractivity contribution in [1.29, 1.82) is 0 Å². The molecule has 1 rings (SSSR count). The number of nitrogens with two attached hydrogens (primary N) is 1. The number of aliphatic imine (C=N–C) groups is 1. The summed E-state index contributed by atoms with van der Waals surface area (Å²) in [5.41, 5.74) is 5.86. The minimum absolute atomic E-state index is 0. The Morgan fingerprint density at radius 2 is 1.88 bits per heavy atom. The number of hydrogen-bond donors (Lipinski definition) is 2. The molecule has 0 aromatic heterocycles. The number of nitrogens with one attached hydrogen (secondary N) is 1. The maximum atomic E-state index is 5.86. The van der Waals surface area contributed by atoms with Crippen molar-refractivity contribution < 1.29 is 0 Å². The summed E-state index contributed by atoms with van der Waals surface area (Å²) in [6, 6.07) is 0.577. The van der Waals surface area contributed by atoms with Crippen LogP contribution in [-0.4, -0.2) is 18.5 Å². The Morgan fingerprint density at radius 1 is 1.18 bits per heavy atom. The third-order valence-electron chi connectivity index (χ3n) is 3.25. The molecular weight excluding hydrogens is 325 g/mol. The lowest BCUT2D eigenvalue weighted by Gasteiger charge is -2.23. The van der Waals surface area contributed by atoms with E-state index in [1.54, 1.807) is 0 Å². The van der Waals surface area contributed by atoms with E-state index in [9.17, 15) is 0 Å². The Labute approximate surface area is 123 Å². The molecule has 0 unspecified atom stereocenters. The lowest BCUT2D eigenvalue weighted by atomic mass is 9.96. The van der Waals surface area contributed by atoms with Crippen molar-refractivity contribution in [2.24, 2.45) is 10.7 Å². The van der Waals surface area contributed by atoms with Crippen LogP contribution in [0.1, 0.15) is 64.7 Å². The summed E-state index contributed by atoms with van der Waals surface area (Å²) >= 11 is 0. The second-order valence-corrected chi connectivity index (χ2v) is 4.81. The van der Waals surface area contributed by atoms with Crippen LogP contribution in [0.5, 0.6) is 0 Å². The average Bonchev–Trinajstić information content (AvgIpc) is 2.30. The van der Waals surface area contributed by atoms with Crippen molar-refractivity contribution >= 4 is 29.9 Å². The van der Waals surface area contributed by atoms with E-state index in [1.165, 1.54) is 57.8 Å². The van der Waals surface area contributed by atoms with Crippen molar-refractivity contribution in [1.82, 2.24) is 5.32 Å². The zero-order valence-electron chi connectivity index (χ0n) is 11.1. The first-order valence-corrected chi connectivity index (χ1v) is 6.89. The summed E-state index contributed by atoms with van der Waals surface area (Å²) in [5.74, 6) is 0.656. The molecular formula is C13H28IN3. The first kappa shape index (κ1) is 17.0. The van der Waals surface area contributed by atoms with Gasteiger partial charge in [0.1, 0.15) is 0 Å². The highest BCUT2D eigenvalue weighted by Gasteiger charge is 2.12. The van der Waals surface area contributed by atoms with Crippen molar-refractivity contribution in [2.45, 2.75) is 70.8 Å². The molecule has 1 aliphatic rings. The van der Waals surface area contributed by atoms with Gasteiger partial charge >= 0.3 is 0 Å². The topological polar surface area (TPSA) is 50.4 Å². The van der Waals surface area contributed by atoms with Gasteiger partial charge in [0.15, 0.2) is 5.96 Å². The van der Waals surface area contributed by atoms with E-state index in [0.29, 0.717) is 12.0 Å². The highest BCUT2D eigenvalue weighted by Crippen LogP contribution is 2.16. The average molecular weight is 353 g/mol. The second kappa shape index (κ2) is 11.1. The lowest BCUT2D eigenvalue weighted by Crippen LogP contribution is -2.41. The van der Waals surface area contributed by atoms with Gasteiger partial charge in [-0.3, -0.25) is 4.99 Å². The largest absolute Gasteiger partial charge is 0.370 e. The summed E-state index contributed by atoms with van der Waals surface area (Å²) < 4.78 is 0. The minimum Gasteiger partial charge on any atom is -0.370 e. The van der Waals surface area contributed by atoms with Gasteiger partial charge in [-0.1, -0.05) is 45.4 Å². The van der Waals surface area contributed by atoms with Crippen molar-refractivity contribution in [3.63, 3.8) is 0 Å². The molecule has 3 nitrogen and oxygen atoms in total. The first-order chi connectivity index (χ1) is 7.83. The van der Waals surface area contributed by atoms with E-state index in [1.807, 2.05) is 0 Å². The number of nitrogens with zero attached hydrogens (tertiary/aromatic N) is 1. The molecule has 0 aromatic rings. The van der Waals surface area contributed by atoms with Gasteiger partial charge in [-0.25, -0.2) is 0 Å². The van der Waals surface area contributed by atoms with Crippen LogP contribution in [0.3, 0.4) is 0 Å². The van der Waals surface area contributed by atoms with Crippen molar-refractivity contribution in [3.05, 3.63) is 0 Å². The highest BCUT2D eigenvalue weighted by atomic mass is 127. The Morgan fingerprint density at radius 3 is 2.53 bits per heavy atom. The fourth-order valence-corrected chi connectivity index (χ4v) is 2.24. The number of hydrogen-bond acceptors (Lipinski definition) is 1. The van der Waals surface area contributed by atoms with Crippen LogP contribution in [0.4, 0.5) is 0 Å². The minimum atomic E-state index is 0. The van der Waals surface area contributed by atoms with Crippen LogP contribution in [0.15, 0.2) is 4.99 Å². The Bertz CT molecular complexity index is 201. The summed E-state index contributed by atoms with van der Waals surface area (Å²) in [7, 11) is 0. The van der Waals surface area contributed by atoms with Crippen molar-refractivity contribution in [3.8, 4) is 0 Å². The van der Waals surface area contributed by atoms with Crippen LogP contribution >= 0.6 is 24.0 Å². The molecule has 0 bridgehead atoms. The standard InChI is InChI=1S/C13H27N3.HI/c1-2-3-4-8-11-15-13(14)16-12-9-6-5-7-10-12;/h12H,2-11H2,1H3,(H3,14,15,16);1H. The van der Waals surface area contributed by atoms with Gasteiger partial charge in [-0.05, 0) is 19.3 Å². The molecule has 1 fully saturated rings. The normalized spacial score (nSPS) is 17.6. The zero-order valence-corrected chi connectivity index (χ0v) is 13.4. The fourth-order valence-electron chi connectivity index (χ4n) is 2.24. The van der Waals surface area contributed by atoms with Gasteiger partial charge in [0.05, 0.1) is 0 Å². The molecule has 1 saturated carbocycles.